The third-order valence-corrected chi connectivity index (χ3v) is 3.34. The number of fused-ring (bicyclic) bond motifs is 1. The SMILES string of the molecule is CCOc1ccccc1C(=O)Oc1ccc2ccccc2c1. The summed E-state index contributed by atoms with van der Waals surface area (Å²) in [4.78, 5) is 12.3. The summed E-state index contributed by atoms with van der Waals surface area (Å²) >= 11 is 0. The molecule has 0 spiro atoms. The topological polar surface area (TPSA) is 35.5 Å². The van der Waals surface area contributed by atoms with Gasteiger partial charge in [-0.2, -0.15) is 0 Å². The van der Waals surface area contributed by atoms with Crippen LogP contribution in [0.1, 0.15) is 17.3 Å². The van der Waals surface area contributed by atoms with Gasteiger partial charge in [0.25, 0.3) is 0 Å². The van der Waals surface area contributed by atoms with Crippen molar-refractivity contribution >= 4 is 16.7 Å². The van der Waals surface area contributed by atoms with E-state index >= 15 is 0 Å². The molecular formula is C19H16O3. The molecule has 0 atom stereocenters. The molecule has 0 aliphatic heterocycles. The third-order valence-electron chi connectivity index (χ3n) is 3.34. The maximum absolute atomic E-state index is 12.3. The highest BCUT2D eigenvalue weighted by Crippen LogP contribution is 2.24. The lowest BCUT2D eigenvalue weighted by atomic mass is 10.1. The van der Waals surface area contributed by atoms with Crippen molar-refractivity contribution in [3.05, 3.63) is 72.3 Å². The molecule has 0 amide bonds. The number of ether oxygens (including phenoxy) is 2. The largest absolute Gasteiger partial charge is 0.493 e. The summed E-state index contributed by atoms with van der Waals surface area (Å²) in [7, 11) is 0. The van der Waals surface area contributed by atoms with Crippen molar-refractivity contribution in [2.24, 2.45) is 0 Å². The monoisotopic (exact) mass is 292 g/mol. The number of rotatable bonds is 4. The smallest absolute Gasteiger partial charge is 0.347 e. The van der Waals surface area contributed by atoms with E-state index in [0.717, 1.165) is 10.8 Å². The Morgan fingerprint density at radius 1 is 0.909 bits per heavy atom. The van der Waals surface area contributed by atoms with Gasteiger partial charge in [0.1, 0.15) is 17.1 Å². The maximum atomic E-state index is 12.3. The summed E-state index contributed by atoms with van der Waals surface area (Å²) < 4.78 is 10.9. The van der Waals surface area contributed by atoms with Crippen LogP contribution in [0.15, 0.2) is 66.7 Å². The first-order valence-corrected chi connectivity index (χ1v) is 7.21. The van der Waals surface area contributed by atoms with Gasteiger partial charge in [0.15, 0.2) is 0 Å². The Kier molecular flexibility index (Phi) is 4.05. The van der Waals surface area contributed by atoms with Crippen LogP contribution in [0.5, 0.6) is 11.5 Å². The van der Waals surface area contributed by atoms with Crippen LogP contribution in [0.25, 0.3) is 10.8 Å². The van der Waals surface area contributed by atoms with E-state index < -0.39 is 5.97 Å². The van der Waals surface area contributed by atoms with Crippen molar-refractivity contribution in [2.75, 3.05) is 6.61 Å². The molecule has 0 saturated heterocycles. The van der Waals surface area contributed by atoms with Gasteiger partial charge in [-0.25, -0.2) is 4.79 Å². The Morgan fingerprint density at radius 3 is 2.45 bits per heavy atom. The van der Waals surface area contributed by atoms with Crippen LogP contribution in [0.3, 0.4) is 0 Å². The summed E-state index contributed by atoms with van der Waals surface area (Å²) in [6.45, 7) is 2.38. The Bertz CT molecular complexity index is 808. The summed E-state index contributed by atoms with van der Waals surface area (Å²) in [5.41, 5.74) is 0.428. The molecule has 0 aliphatic rings. The van der Waals surface area contributed by atoms with Crippen LogP contribution in [-0.4, -0.2) is 12.6 Å². The predicted molar refractivity (Wildman–Crippen MR) is 86.5 cm³/mol. The first kappa shape index (κ1) is 14.1. The summed E-state index contributed by atoms with van der Waals surface area (Å²) in [6.07, 6.45) is 0. The van der Waals surface area contributed by atoms with Gasteiger partial charge in [-0.05, 0) is 42.0 Å². The molecule has 3 rings (SSSR count). The lowest BCUT2D eigenvalue weighted by Gasteiger charge is -2.10. The van der Waals surface area contributed by atoms with Crippen LogP contribution < -0.4 is 9.47 Å². The van der Waals surface area contributed by atoms with Gasteiger partial charge < -0.3 is 9.47 Å². The first-order chi connectivity index (χ1) is 10.8. The molecule has 0 unspecified atom stereocenters. The molecule has 0 fully saturated rings. The number of carbonyl (C=O) groups excluding carboxylic acids is 1. The Morgan fingerprint density at radius 2 is 1.64 bits per heavy atom. The molecule has 0 saturated carbocycles. The van der Waals surface area contributed by atoms with E-state index in [1.54, 1.807) is 24.3 Å². The van der Waals surface area contributed by atoms with Crippen molar-refractivity contribution in [3.63, 3.8) is 0 Å². The lowest BCUT2D eigenvalue weighted by Crippen LogP contribution is -2.10. The number of benzene rings is 3. The van der Waals surface area contributed by atoms with E-state index in [9.17, 15) is 4.79 Å². The zero-order chi connectivity index (χ0) is 15.4. The fourth-order valence-electron chi connectivity index (χ4n) is 2.31. The van der Waals surface area contributed by atoms with Gasteiger partial charge in [-0.3, -0.25) is 0 Å². The molecule has 0 aromatic heterocycles. The van der Waals surface area contributed by atoms with E-state index in [4.69, 9.17) is 9.47 Å². The molecule has 110 valence electrons. The Hall–Kier alpha value is -2.81. The van der Waals surface area contributed by atoms with Gasteiger partial charge in [0, 0.05) is 0 Å². The lowest BCUT2D eigenvalue weighted by molar-refractivity contribution is 0.0731. The average molecular weight is 292 g/mol. The number of hydrogen-bond acceptors (Lipinski definition) is 3. The summed E-state index contributed by atoms with van der Waals surface area (Å²) in [6, 6.07) is 20.6. The van der Waals surface area contributed by atoms with Crippen LogP contribution >= 0.6 is 0 Å². The second-order valence-corrected chi connectivity index (χ2v) is 4.83. The maximum Gasteiger partial charge on any atom is 0.347 e. The van der Waals surface area contributed by atoms with Crippen molar-refractivity contribution in [1.82, 2.24) is 0 Å². The fourth-order valence-corrected chi connectivity index (χ4v) is 2.31. The number of esters is 1. The zero-order valence-corrected chi connectivity index (χ0v) is 12.3. The molecule has 0 bridgehead atoms. The van der Waals surface area contributed by atoms with Crippen molar-refractivity contribution in [2.45, 2.75) is 6.92 Å². The normalized spacial score (nSPS) is 10.4. The minimum atomic E-state index is -0.417. The summed E-state index contributed by atoms with van der Waals surface area (Å²) in [5.74, 6) is 0.644. The minimum Gasteiger partial charge on any atom is -0.493 e. The molecule has 0 N–H and O–H groups in total. The molecule has 0 aliphatic carbocycles. The van der Waals surface area contributed by atoms with E-state index in [1.165, 1.54) is 0 Å². The van der Waals surface area contributed by atoms with E-state index in [0.29, 0.717) is 23.7 Å². The molecule has 3 heteroatoms. The average Bonchev–Trinajstić information content (AvgIpc) is 2.55. The Balaban J connectivity index is 1.86. The minimum absolute atomic E-state index is 0.417. The third kappa shape index (κ3) is 2.93. The molecule has 22 heavy (non-hydrogen) atoms. The van der Waals surface area contributed by atoms with Crippen molar-refractivity contribution in [3.8, 4) is 11.5 Å². The van der Waals surface area contributed by atoms with E-state index in [2.05, 4.69) is 0 Å². The van der Waals surface area contributed by atoms with E-state index in [1.807, 2.05) is 49.4 Å². The van der Waals surface area contributed by atoms with E-state index in [-0.39, 0.29) is 0 Å². The Labute approximate surface area is 129 Å². The van der Waals surface area contributed by atoms with Crippen LogP contribution in [-0.2, 0) is 0 Å². The molecule has 3 aromatic rings. The number of carbonyl (C=O) groups is 1. The molecule has 0 heterocycles. The predicted octanol–water partition coefficient (Wildman–Crippen LogP) is 4.46. The zero-order valence-electron chi connectivity index (χ0n) is 12.3. The highest BCUT2D eigenvalue weighted by molar-refractivity contribution is 5.94. The molecule has 3 nitrogen and oxygen atoms in total. The van der Waals surface area contributed by atoms with Gasteiger partial charge in [0.05, 0.1) is 6.61 Å². The van der Waals surface area contributed by atoms with Gasteiger partial charge in [-0.15, -0.1) is 0 Å². The molecule has 3 aromatic carbocycles. The quantitative estimate of drug-likeness (QED) is 0.526. The standard InChI is InChI=1S/C19H16O3/c1-2-21-18-10-6-5-9-17(18)19(20)22-16-12-11-14-7-3-4-8-15(14)13-16/h3-13H,2H2,1H3. The van der Waals surface area contributed by atoms with Crippen molar-refractivity contribution in [1.29, 1.82) is 0 Å². The second-order valence-electron chi connectivity index (χ2n) is 4.83. The van der Waals surface area contributed by atoms with Crippen molar-refractivity contribution < 1.29 is 14.3 Å². The summed E-state index contributed by atoms with van der Waals surface area (Å²) in [5, 5.41) is 2.14. The van der Waals surface area contributed by atoms with Crippen LogP contribution in [0.4, 0.5) is 0 Å². The van der Waals surface area contributed by atoms with Crippen LogP contribution in [0.2, 0.25) is 0 Å². The molecule has 0 radical (unpaired) electrons. The number of hydrogen-bond donors (Lipinski definition) is 0. The fraction of sp³-hybridized carbons (Fsp3) is 0.105. The van der Waals surface area contributed by atoms with Gasteiger partial charge >= 0.3 is 5.97 Å². The highest BCUT2D eigenvalue weighted by Gasteiger charge is 2.14. The highest BCUT2D eigenvalue weighted by atomic mass is 16.5. The van der Waals surface area contributed by atoms with Crippen LogP contribution in [0, 0.1) is 0 Å². The van der Waals surface area contributed by atoms with Gasteiger partial charge in [0.2, 0.25) is 0 Å². The number of para-hydroxylation sites is 1. The second kappa shape index (κ2) is 6.31. The molecular weight excluding hydrogens is 276 g/mol. The first-order valence-electron chi connectivity index (χ1n) is 7.21. The van der Waals surface area contributed by atoms with Gasteiger partial charge in [-0.1, -0.05) is 42.5 Å².